The fraction of sp³-hybridized carbons (Fsp3) is 0.440. The van der Waals surface area contributed by atoms with E-state index in [4.69, 9.17) is 30.5 Å². The number of ether oxygens (including phenoxy) is 4. The second kappa shape index (κ2) is 11.9. The number of hydrogen-bond acceptors (Lipinski definition) is 8. The van der Waals surface area contributed by atoms with Gasteiger partial charge in [-0.05, 0) is 67.3 Å². The van der Waals surface area contributed by atoms with Crippen LogP contribution in [0.2, 0.25) is 5.02 Å². The van der Waals surface area contributed by atoms with Crippen molar-refractivity contribution >= 4 is 29.2 Å². The first-order valence-electron chi connectivity index (χ1n) is 11.2. The molecule has 0 amide bonds. The lowest BCUT2D eigenvalue weighted by Crippen LogP contribution is -2.40. The molecule has 0 fully saturated rings. The van der Waals surface area contributed by atoms with Gasteiger partial charge in [-0.3, -0.25) is 14.5 Å². The van der Waals surface area contributed by atoms with Crippen molar-refractivity contribution < 1.29 is 28.5 Å². The summed E-state index contributed by atoms with van der Waals surface area (Å²) in [4.78, 5) is 26.5. The zero-order chi connectivity index (χ0) is 24.7. The van der Waals surface area contributed by atoms with Gasteiger partial charge in [-0.1, -0.05) is 11.6 Å². The van der Waals surface area contributed by atoms with Crippen molar-refractivity contribution in [3.8, 4) is 11.5 Å². The van der Waals surface area contributed by atoms with Gasteiger partial charge in [0.1, 0.15) is 6.54 Å². The number of benzene rings is 2. The molecule has 1 aliphatic heterocycles. The van der Waals surface area contributed by atoms with Crippen LogP contribution in [0.25, 0.3) is 0 Å². The maximum absolute atomic E-state index is 12.5. The normalized spacial score (nSPS) is 15.3. The zero-order valence-electron chi connectivity index (χ0n) is 20.0. The number of halogens is 1. The lowest BCUT2D eigenvalue weighted by atomic mass is 9.86. The number of anilines is 1. The van der Waals surface area contributed by atoms with Crippen LogP contribution in [0.1, 0.15) is 36.6 Å². The van der Waals surface area contributed by atoms with Gasteiger partial charge in [-0.15, -0.1) is 0 Å². The van der Waals surface area contributed by atoms with E-state index in [0.29, 0.717) is 36.3 Å². The summed E-state index contributed by atoms with van der Waals surface area (Å²) in [5, 5.41) is 3.71. The summed E-state index contributed by atoms with van der Waals surface area (Å²) in [5.74, 6) is 0.569. The summed E-state index contributed by atoms with van der Waals surface area (Å²) >= 11 is 6.41. The van der Waals surface area contributed by atoms with Crippen LogP contribution >= 0.6 is 11.6 Å². The maximum Gasteiger partial charge on any atom is 0.325 e. The van der Waals surface area contributed by atoms with Gasteiger partial charge < -0.3 is 24.3 Å². The number of carbonyl (C=O) groups excluding carboxylic acids is 2. The SMILES string of the molecule is CCOC(=O)CNc1ccc(Cl)cc1[C@H]1c2cc(OC)c(OC)cc2CCN1CC(=O)OCC. The molecule has 0 saturated carbocycles. The number of rotatable bonds is 10. The van der Waals surface area contributed by atoms with Crippen LogP contribution < -0.4 is 14.8 Å². The van der Waals surface area contributed by atoms with Crippen molar-refractivity contribution in [1.29, 1.82) is 0 Å². The Hall–Kier alpha value is -2.97. The molecule has 1 atom stereocenters. The monoisotopic (exact) mass is 490 g/mol. The Morgan fingerprint density at radius 2 is 1.68 bits per heavy atom. The first-order chi connectivity index (χ1) is 16.4. The summed E-state index contributed by atoms with van der Waals surface area (Å²) in [6.45, 7) is 4.89. The number of nitrogens with one attached hydrogen (secondary N) is 1. The van der Waals surface area contributed by atoms with E-state index >= 15 is 0 Å². The minimum absolute atomic E-state index is 0.00581. The molecule has 2 aromatic carbocycles. The molecule has 3 rings (SSSR count). The number of fused-ring (bicyclic) bond motifs is 1. The Morgan fingerprint density at radius 3 is 2.35 bits per heavy atom. The van der Waals surface area contributed by atoms with Gasteiger partial charge in [-0.2, -0.15) is 0 Å². The molecule has 9 heteroatoms. The highest BCUT2D eigenvalue weighted by molar-refractivity contribution is 6.30. The third-order valence-electron chi connectivity index (χ3n) is 5.65. The summed E-state index contributed by atoms with van der Waals surface area (Å²) < 4.78 is 21.3. The third-order valence-corrected chi connectivity index (χ3v) is 5.88. The van der Waals surface area contributed by atoms with E-state index in [0.717, 1.165) is 28.8 Å². The van der Waals surface area contributed by atoms with E-state index in [1.54, 1.807) is 34.1 Å². The zero-order valence-corrected chi connectivity index (χ0v) is 20.7. The second-order valence-electron chi connectivity index (χ2n) is 7.72. The van der Waals surface area contributed by atoms with Crippen molar-refractivity contribution in [1.82, 2.24) is 4.90 Å². The number of nitrogens with zero attached hydrogens (tertiary/aromatic N) is 1. The van der Waals surface area contributed by atoms with E-state index in [1.807, 2.05) is 29.2 Å². The lowest BCUT2D eigenvalue weighted by Gasteiger charge is -2.38. The quantitative estimate of drug-likeness (QED) is 0.503. The molecular weight excluding hydrogens is 460 g/mol. The molecule has 0 radical (unpaired) electrons. The standard InChI is InChI=1S/C25H31ClN2O6/c1-5-33-23(29)14-27-20-8-7-17(26)12-19(20)25-18-13-22(32-4)21(31-3)11-16(18)9-10-28(25)15-24(30)34-6-2/h7-8,11-13,25,27H,5-6,9-10,14-15H2,1-4H3/t25-/m1/s1. The molecule has 0 saturated heterocycles. The van der Waals surface area contributed by atoms with E-state index in [9.17, 15) is 9.59 Å². The number of hydrogen-bond donors (Lipinski definition) is 1. The maximum atomic E-state index is 12.5. The van der Waals surface area contributed by atoms with Crippen molar-refractivity contribution in [3.63, 3.8) is 0 Å². The number of esters is 2. The Balaban J connectivity index is 2.10. The Morgan fingerprint density at radius 1 is 1.00 bits per heavy atom. The van der Waals surface area contributed by atoms with Gasteiger partial charge in [0, 0.05) is 17.3 Å². The van der Waals surface area contributed by atoms with Crippen LogP contribution in [0.4, 0.5) is 5.69 Å². The summed E-state index contributed by atoms with van der Waals surface area (Å²) in [5.41, 5.74) is 3.60. The molecular formula is C25H31ClN2O6. The van der Waals surface area contributed by atoms with Crippen LogP contribution in [0.15, 0.2) is 30.3 Å². The van der Waals surface area contributed by atoms with Gasteiger partial charge in [-0.25, -0.2) is 0 Å². The minimum atomic E-state index is -0.359. The van der Waals surface area contributed by atoms with Crippen LogP contribution in [0, 0.1) is 0 Å². The van der Waals surface area contributed by atoms with Crippen molar-refractivity contribution in [3.05, 3.63) is 52.0 Å². The predicted molar refractivity (Wildman–Crippen MR) is 130 cm³/mol. The molecule has 1 aliphatic rings. The second-order valence-corrected chi connectivity index (χ2v) is 8.16. The summed E-state index contributed by atoms with van der Waals surface area (Å²) in [7, 11) is 3.19. The van der Waals surface area contributed by atoms with Gasteiger partial charge in [0.05, 0.1) is 40.0 Å². The number of methoxy groups -OCH3 is 2. The Labute approximate surface area is 205 Å². The molecule has 184 valence electrons. The highest BCUT2D eigenvalue weighted by Crippen LogP contribution is 2.43. The first-order valence-corrected chi connectivity index (χ1v) is 11.6. The first kappa shape index (κ1) is 25.6. The fourth-order valence-electron chi connectivity index (χ4n) is 4.20. The van der Waals surface area contributed by atoms with E-state index in [-0.39, 0.29) is 31.1 Å². The summed E-state index contributed by atoms with van der Waals surface area (Å²) in [6.07, 6.45) is 0.720. The van der Waals surface area contributed by atoms with E-state index < -0.39 is 0 Å². The van der Waals surface area contributed by atoms with E-state index in [2.05, 4.69) is 5.32 Å². The highest BCUT2D eigenvalue weighted by atomic mass is 35.5. The Kier molecular flexibility index (Phi) is 9.01. The van der Waals surface area contributed by atoms with Gasteiger partial charge in [0.25, 0.3) is 0 Å². The average Bonchev–Trinajstić information content (AvgIpc) is 2.82. The van der Waals surface area contributed by atoms with Crippen LogP contribution in [-0.4, -0.2) is 63.9 Å². The Bertz CT molecular complexity index is 1030. The minimum Gasteiger partial charge on any atom is -0.493 e. The van der Waals surface area contributed by atoms with Crippen molar-refractivity contribution in [2.75, 3.05) is 52.4 Å². The van der Waals surface area contributed by atoms with Crippen molar-refractivity contribution in [2.24, 2.45) is 0 Å². The molecule has 0 aliphatic carbocycles. The van der Waals surface area contributed by atoms with Gasteiger partial charge in [0.2, 0.25) is 0 Å². The molecule has 34 heavy (non-hydrogen) atoms. The topological polar surface area (TPSA) is 86.3 Å². The average molecular weight is 491 g/mol. The molecule has 1 N–H and O–H groups in total. The molecule has 0 aromatic heterocycles. The number of carbonyl (C=O) groups is 2. The third kappa shape index (κ3) is 5.93. The van der Waals surface area contributed by atoms with Gasteiger partial charge in [0.15, 0.2) is 11.5 Å². The molecule has 0 unspecified atom stereocenters. The van der Waals surface area contributed by atoms with Crippen LogP contribution in [0.5, 0.6) is 11.5 Å². The molecule has 1 heterocycles. The molecule has 0 spiro atoms. The smallest absolute Gasteiger partial charge is 0.325 e. The largest absolute Gasteiger partial charge is 0.493 e. The van der Waals surface area contributed by atoms with Crippen LogP contribution in [0.3, 0.4) is 0 Å². The molecule has 2 aromatic rings. The lowest BCUT2D eigenvalue weighted by molar-refractivity contribution is -0.145. The van der Waals surface area contributed by atoms with Crippen molar-refractivity contribution in [2.45, 2.75) is 26.3 Å². The molecule has 8 nitrogen and oxygen atoms in total. The predicted octanol–water partition coefficient (Wildman–Crippen LogP) is 3.84. The van der Waals surface area contributed by atoms with Gasteiger partial charge >= 0.3 is 11.9 Å². The summed E-state index contributed by atoms with van der Waals surface area (Å²) in [6, 6.07) is 9.01. The van der Waals surface area contributed by atoms with E-state index in [1.165, 1.54) is 0 Å². The highest BCUT2D eigenvalue weighted by Gasteiger charge is 2.33. The molecule has 0 bridgehead atoms. The fourth-order valence-corrected chi connectivity index (χ4v) is 4.39. The van der Waals surface area contributed by atoms with Crippen LogP contribution in [-0.2, 0) is 25.5 Å².